The Bertz CT molecular complexity index is 3150. The van der Waals surface area contributed by atoms with Crippen LogP contribution in [-0.4, -0.2) is 18.7 Å². The zero-order chi connectivity index (χ0) is 38.3. The van der Waals surface area contributed by atoms with Crippen LogP contribution in [0.2, 0.25) is 0 Å². The fraction of sp³-hybridized carbons (Fsp3) is 0.106. The summed E-state index contributed by atoms with van der Waals surface area (Å²) in [4.78, 5) is 4.97. The lowest BCUT2D eigenvalue weighted by atomic mass is 9.88. The van der Waals surface area contributed by atoms with Crippen molar-refractivity contribution in [3.05, 3.63) is 164 Å². The second-order valence-electron chi connectivity index (χ2n) is 14.6. The first kappa shape index (κ1) is 28.0. The van der Waals surface area contributed by atoms with Crippen molar-refractivity contribution < 1.29 is 13.4 Å². The number of fused-ring (bicyclic) bond motifs is 8. The number of aromatic nitrogens is 5. The molecule has 53 heavy (non-hydrogen) atoms. The Morgan fingerprint density at radius 1 is 0.623 bits per heavy atom. The van der Waals surface area contributed by atoms with Gasteiger partial charge in [0.1, 0.15) is 17.3 Å². The largest absolute Gasteiger partial charge is 0.458 e. The van der Waals surface area contributed by atoms with Gasteiger partial charge in [-0.3, -0.25) is 4.57 Å². The van der Waals surface area contributed by atoms with Gasteiger partial charge in [0.05, 0.1) is 49.9 Å². The van der Waals surface area contributed by atoms with Gasteiger partial charge in [0.15, 0.2) is 0 Å². The first-order valence-corrected chi connectivity index (χ1v) is 17.8. The third-order valence-corrected chi connectivity index (χ3v) is 10.3. The van der Waals surface area contributed by atoms with Gasteiger partial charge in [-0.15, -0.1) is 0 Å². The van der Waals surface area contributed by atoms with Crippen LogP contribution in [0.5, 0.6) is 11.5 Å². The molecule has 0 amide bonds. The van der Waals surface area contributed by atoms with Gasteiger partial charge in [-0.05, 0) is 71.6 Å². The van der Waals surface area contributed by atoms with E-state index in [1.807, 2.05) is 54.7 Å². The summed E-state index contributed by atoms with van der Waals surface area (Å²) in [5.74, 6) is 2.09. The van der Waals surface area contributed by atoms with Crippen molar-refractivity contribution in [2.75, 3.05) is 0 Å². The highest BCUT2D eigenvalue weighted by atomic mass is 16.5. The molecule has 0 saturated heterocycles. The zero-order valence-corrected chi connectivity index (χ0v) is 29.6. The van der Waals surface area contributed by atoms with Crippen molar-refractivity contribution in [1.82, 2.24) is 18.7 Å². The average Bonchev–Trinajstić information content (AvgIpc) is 3.86. The number of para-hydroxylation sites is 4. The third-order valence-electron chi connectivity index (χ3n) is 10.3. The fourth-order valence-electron chi connectivity index (χ4n) is 7.77. The number of ether oxygens (including phenoxy) is 1. The number of benzene rings is 6. The maximum absolute atomic E-state index is 8.10. The lowest BCUT2D eigenvalue weighted by Gasteiger charge is -2.20. The predicted octanol–water partition coefficient (Wildman–Crippen LogP) is 10.9. The first-order valence-electron chi connectivity index (χ1n) is 19.3. The smallest absolute Gasteiger partial charge is 0.244 e. The van der Waals surface area contributed by atoms with E-state index in [2.05, 4.69) is 127 Å². The van der Waals surface area contributed by atoms with Crippen LogP contribution in [0.1, 0.15) is 30.4 Å². The highest BCUT2D eigenvalue weighted by molar-refractivity contribution is 6.26. The van der Waals surface area contributed by atoms with E-state index in [4.69, 9.17) is 13.8 Å². The monoisotopic (exact) mass is 690 g/mol. The molecule has 0 aliphatic carbocycles. The number of nitrogens with zero attached hydrogens (tertiary/aromatic N) is 5. The third kappa shape index (κ3) is 4.94. The second-order valence-corrected chi connectivity index (χ2v) is 14.6. The number of rotatable bonds is 5. The van der Waals surface area contributed by atoms with E-state index < -0.39 is 6.98 Å². The van der Waals surface area contributed by atoms with Crippen molar-refractivity contribution in [2.24, 2.45) is 6.98 Å². The SMILES string of the molecule is [2H]C([2H])([2H])[n+]1[c-]n(-c2cccc(Oc3ccc4c5c(ccc6c7ccccc7n(-c7ccccc7)c65)n(-c5cc(C(C)(C)C)ccn5)c4c3)c2)c2ccccc21. The number of imidazole rings is 1. The Morgan fingerprint density at radius 3 is 2.23 bits per heavy atom. The van der Waals surface area contributed by atoms with Gasteiger partial charge >= 0.3 is 0 Å². The van der Waals surface area contributed by atoms with Crippen molar-refractivity contribution in [3.8, 4) is 28.7 Å². The van der Waals surface area contributed by atoms with E-state index in [-0.39, 0.29) is 5.41 Å². The summed E-state index contributed by atoms with van der Waals surface area (Å²) in [6.45, 7) is 4.28. The molecule has 256 valence electrons. The molecule has 0 fully saturated rings. The fourth-order valence-corrected chi connectivity index (χ4v) is 7.77. The maximum Gasteiger partial charge on any atom is 0.244 e. The van der Waals surface area contributed by atoms with Crippen LogP contribution < -0.4 is 9.30 Å². The standard InChI is InChI=1S/C47H37N5O/c1-47(2,3)31-25-26-48-44(27-31)52-42-24-23-37-36-17-8-9-18-39(36)51(32-13-6-5-7-14-32)46(37)45(42)38-22-21-35(29-43(38)52)53-34-16-12-15-33(28-34)50-30-49(4)40-19-10-11-20-41(40)50/h5-29H,1-4H3/i4D3. The molecule has 6 nitrogen and oxygen atoms in total. The van der Waals surface area contributed by atoms with Crippen LogP contribution in [-0.2, 0) is 12.4 Å². The summed E-state index contributed by atoms with van der Waals surface area (Å²) >= 11 is 0. The molecule has 0 aliphatic heterocycles. The number of hydrogen-bond acceptors (Lipinski definition) is 2. The zero-order valence-electron chi connectivity index (χ0n) is 32.6. The summed E-state index contributed by atoms with van der Waals surface area (Å²) in [6.07, 6.45) is 4.96. The molecule has 10 aromatic rings. The Balaban J connectivity index is 1.19. The van der Waals surface area contributed by atoms with Crippen LogP contribution in [0.4, 0.5) is 0 Å². The Kier molecular flexibility index (Phi) is 6.17. The van der Waals surface area contributed by atoms with Crippen molar-refractivity contribution in [3.63, 3.8) is 0 Å². The molecule has 4 heterocycles. The van der Waals surface area contributed by atoms with E-state index in [0.29, 0.717) is 17.0 Å². The normalized spacial score (nSPS) is 13.2. The molecule has 4 aromatic heterocycles. The predicted molar refractivity (Wildman–Crippen MR) is 215 cm³/mol. The summed E-state index contributed by atoms with van der Waals surface area (Å²) in [5.41, 5.74) is 8.54. The van der Waals surface area contributed by atoms with E-state index >= 15 is 0 Å². The topological polar surface area (TPSA) is 40.8 Å². The molecule has 0 N–H and O–H groups in total. The molecular formula is C47H37N5O. The van der Waals surface area contributed by atoms with Crippen LogP contribution in [0.3, 0.4) is 0 Å². The van der Waals surface area contributed by atoms with Gasteiger partial charge in [-0.2, -0.15) is 0 Å². The molecular weight excluding hydrogens is 651 g/mol. The highest BCUT2D eigenvalue weighted by Gasteiger charge is 2.23. The molecule has 6 heteroatoms. The molecule has 0 aliphatic rings. The Morgan fingerprint density at radius 2 is 1.38 bits per heavy atom. The number of pyridine rings is 1. The summed E-state index contributed by atoms with van der Waals surface area (Å²) in [5, 5.41) is 4.58. The summed E-state index contributed by atoms with van der Waals surface area (Å²) in [6, 6.07) is 49.2. The Labute approximate surface area is 311 Å². The van der Waals surface area contributed by atoms with Crippen molar-refractivity contribution >= 4 is 54.6 Å². The van der Waals surface area contributed by atoms with Gasteiger partial charge in [0, 0.05) is 39.5 Å². The van der Waals surface area contributed by atoms with Gasteiger partial charge in [-0.1, -0.05) is 99.6 Å². The van der Waals surface area contributed by atoms with Gasteiger partial charge in [-0.25, -0.2) is 4.98 Å². The minimum atomic E-state index is -2.38. The second kappa shape index (κ2) is 11.7. The molecule has 0 unspecified atom stereocenters. The van der Waals surface area contributed by atoms with Crippen molar-refractivity contribution in [1.29, 1.82) is 0 Å². The molecule has 0 spiro atoms. The minimum absolute atomic E-state index is 0.0754. The first-order chi connectivity index (χ1) is 27.0. The number of aryl methyl sites for hydroxylation is 1. The summed E-state index contributed by atoms with van der Waals surface area (Å²) < 4.78 is 38.5. The van der Waals surface area contributed by atoms with Gasteiger partial charge in [0.2, 0.25) is 6.33 Å². The molecule has 10 rings (SSSR count). The molecule has 0 saturated carbocycles. The van der Waals surface area contributed by atoms with E-state index in [1.165, 1.54) is 20.9 Å². The molecule has 0 atom stereocenters. The van der Waals surface area contributed by atoms with Crippen molar-refractivity contribution in [2.45, 2.75) is 26.2 Å². The average molecular weight is 691 g/mol. The van der Waals surface area contributed by atoms with Gasteiger partial charge < -0.3 is 18.4 Å². The van der Waals surface area contributed by atoms with Crippen LogP contribution in [0, 0.1) is 6.33 Å². The van der Waals surface area contributed by atoms with Gasteiger partial charge in [0.25, 0.3) is 0 Å². The molecule has 0 radical (unpaired) electrons. The van der Waals surface area contributed by atoms with E-state index in [9.17, 15) is 0 Å². The summed E-state index contributed by atoms with van der Waals surface area (Å²) in [7, 11) is 0. The van der Waals surface area contributed by atoms with Crippen LogP contribution in [0.15, 0.2) is 152 Å². The highest BCUT2D eigenvalue weighted by Crippen LogP contribution is 2.43. The Hall–Kier alpha value is -6.66. The minimum Gasteiger partial charge on any atom is -0.458 e. The maximum atomic E-state index is 8.10. The van der Waals surface area contributed by atoms with E-state index in [0.717, 1.165) is 55.5 Å². The number of hydrogen-bond donors (Lipinski definition) is 0. The lowest BCUT2D eigenvalue weighted by molar-refractivity contribution is -0.649. The van der Waals surface area contributed by atoms with Crippen LogP contribution in [0.25, 0.3) is 71.8 Å². The molecule has 6 aromatic carbocycles. The lowest BCUT2D eigenvalue weighted by Crippen LogP contribution is -2.26. The molecule has 0 bridgehead atoms. The van der Waals surface area contributed by atoms with Crippen LogP contribution >= 0.6 is 0 Å². The van der Waals surface area contributed by atoms with E-state index in [1.54, 1.807) is 10.6 Å². The quantitative estimate of drug-likeness (QED) is 0.133.